The van der Waals surface area contributed by atoms with E-state index in [9.17, 15) is 4.79 Å². The van der Waals surface area contributed by atoms with Crippen LogP contribution in [0.4, 0.5) is 0 Å². The molecule has 0 aliphatic carbocycles. The van der Waals surface area contributed by atoms with Gasteiger partial charge in [-0.25, -0.2) is 0 Å². The maximum Gasteiger partial charge on any atom is 0.221 e. The first-order valence-electron chi connectivity index (χ1n) is 4.50. The standard InChI is InChI=1S/C9H20N2OS.ClH/c1-9(2,10)7-8(12)11-5-4-6-13-3;/h4-7,10H2,1-3H3,(H,11,12);1H. The first-order valence-corrected chi connectivity index (χ1v) is 5.89. The van der Waals surface area contributed by atoms with E-state index in [1.807, 2.05) is 13.8 Å². The van der Waals surface area contributed by atoms with Crippen LogP contribution in [-0.4, -0.2) is 30.0 Å². The van der Waals surface area contributed by atoms with Gasteiger partial charge in [-0.2, -0.15) is 11.8 Å². The third-order valence-corrected chi connectivity index (χ3v) is 2.16. The molecule has 3 N–H and O–H groups in total. The maximum atomic E-state index is 11.2. The summed E-state index contributed by atoms with van der Waals surface area (Å²) in [4.78, 5) is 11.2. The third kappa shape index (κ3) is 12.1. The number of carbonyl (C=O) groups is 1. The van der Waals surface area contributed by atoms with Crippen molar-refractivity contribution in [2.75, 3.05) is 18.6 Å². The van der Waals surface area contributed by atoms with Crippen LogP contribution < -0.4 is 11.1 Å². The van der Waals surface area contributed by atoms with Crippen molar-refractivity contribution in [1.29, 1.82) is 0 Å². The SMILES string of the molecule is CSCCCNC(=O)CC(C)(C)N.Cl. The largest absolute Gasteiger partial charge is 0.356 e. The quantitative estimate of drug-likeness (QED) is 0.691. The first-order chi connectivity index (χ1) is 5.95. The molecule has 1 amide bonds. The zero-order valence-electron chi connectivity index (χ0n) is 9.13. The van der Waals surface area contributed by atoms with Gasteiger partial charge in [-0.3, -0.25) is 4.79 Å². The molecule has 0 aromatic carbocycles. The van der Waals surface area contributed by atoms with Gasteiger partial charge in [-0.05, 0) is 32.3 Å². The molecule has 0 spiro atoms. The fourth-order valence-corrected chi connectivity index (χ4v) is 1.35. The van der Waals surface area contributed by atoms with Crippen LogP contribution in [0, 0.1) is 0 Å². The zero-order valence-corrected chi connectivity index (χ0v) is 10.8. The number of hydrogen-bond acceptors (Lipinski definition) is 3. The van der Waals surface area contributed by atoms with Crippen LogP contribution in [0.3, 0.4) is 0 Å². The Hall–Kier alpha value is 0.0700. The van der Waals surface area contributed by atoms with Crippen molar-refractivity contribution in [3.63, 3.8) is 0 Å². The summed E-state index contributed by atoms with van der Waals surface area (Å²) in [6, 6.07) is 0. The van der Waals surface area contributed by atoms with Crippen LogP contribution >= 0.6 is 24.2 Å². The molecule has 5 heteroatoms. The molecule has 0 fully saturated rings. The highest BCUT2D eigenvalue weighted by molar-refractivity contribution is 7.98. The summed E-state index contributed by atoms with van der Waals surface area (Å²) in [5, 5.41) is 2.84. The second-order valence-electron chi connectivity index (χ2n) is 3.86. The fourth-order valence-electron chi connectivity index (χ4n) is 0.921. The van der Waals surface area contributed by atoms with Crippen LogP contribution in [0.25, 0.3) is 0 Å². The predicted molar refractivity (Wildman–Crippen MR) is 66.1 cm³/mol. The van der Waals surface area contributed by atoms with Crippen LogP contribution in [0.15, 0.2) is 0 Å². The number of nitrogens with two attached hydrogens (primary N) is 1. The highest BCUT2D eigenvalue weighted by Crippen LogP contribution is 2.02. The van der Waals surface area contributed by atoms with Crippen LogP contribution in [0.2, 0.25) is 0 Å². The molecule has 0 saturated carbocycles. The Morgan fingerprint density at radius 1 is 1.50 bits per heavy atom. The summed E-state index contributed by atoms with van der Waals surface area (Å²) < 4.78 is 0. The van der Waals surface area contributed by atoms with E-state index < -0.39 is 5.54 Å². The highest BCUT2D eigenvalue weighted by atomic mass is 35.5. The average molecular weight is 241 g/mol. The lowest BCUT2D eigenvalue weighted by Gasteiger charge is -2.17. The van der Waals surface area contributed by atoms with Crippen molar-refractivity contribution >= 4 is 30.1 Å². The van der Waals surface area contributed by atoms with E-state index in [0.29, 0.717) is 6.42 Å². The highest BCUT2D eigenvalue weighted by Gasteiger charge is 2.15. The van der Waals surface area contributed by atoms with E-state index in [1.54, 1.807) is 11.8 Å². The van der Waals surface area contributed by atoms with Gasteiger partial charge in [0.1, 0.15) is 0 Å². The molecular formula is C9H21ClN2OS. The van der Waals surface area contributed by atoms with Gasteiger partial charge in [0.15, 0.2) is 0 Å². The number of hydrogen-bond donors (Lipinski definition) is 2. The Kier molecular flexibility index (Phi) is 9.88. The summed E-state index contributed by atoms with van der Waals surface area (Å²) in [6.45, 7) is 4.47. The third-order valence-electron chi connectivity index (χ3n) is 1.46. The first kappa shape index (κ1) is 16.5. The lowest BCUT2D eigenvalue weighted by Crippen LogP contribution is -2.39. The van der Waals surface area contributed by atoms with Crippen molar-refractivity contribution < 1.29 is 4.79 Å². The number of carbonyl (C=O) groups excluding carboxylic acids is 1. The Bertz CT molecular complexity index is 159. The molecule has 0 aliphatic rings. The topological polar surface area (TPSA) is 55.1 Å². The number of nitrogens with one attached hydrogen (secondary N) is 1. The van der Waals surface area contributed by atoms with Gasteiger partial charge in [-0.15, -0.1) is 12.4 Å². The number of amides is 1. The van der Waals surface area contributed by atoms with E-state index in [-0.39, 0.29) is 18.3 Å². The summed E-state index contributed by atoms with van der Waals surface area (Å²) in [5.41, 5.74) is 5.30. The Morgan fingerprint density at radius 2 is 2.07 bits per heavy atom. The van der Waals surface area contributed by atoms with Gasteiger partial charge in [0.25, 0.3) is 0 Å². The van der Waals surface area contributed by atoms with Crippen molar-refractivity contribution in [2.24, 2.45) is 5.73 Å². The van der Waals surface area contributed by atoms with Crippen LogP contribution in [0.5, 0.6) is 0 Å². The molecular weight excluding hydrogens is 220 g/mol. The fraction of sp³-hybridized carbons (Fsp3) is 0.889. The molecule has 0 bridgehead atoms. The van der Waals surface area contributed by atoms with Gasteiger partial charge in [0.05, 0.1) is 0 Å². The van der Waals surface area contributed by atoms with Crippen molar-refractivity contribution in [3.8, 4) is 0 Å². The van der Waals surface area contributed by atoms with Crippen molar-refractivity contribution in [3.05, 3.63) is 0 Å². The normalized spacial score (nSPS) is 10.6. The number of rotatable bonds is 6. The Balaban J connectivity index is 0. The van der Waals surface area contributed by atoms with Crippen molar-refractivity contribution in [1.82, 2.24) is 5.32 Å². The van der Waals surface area contributed by atoms with Crippen LogP contribution in [0.1, 0.15) is 26.7 Å². The molecule has 0 radical (unpaired) electrons. The van der Waals surface area contributed by atoms with E-state index >= 15 is 0 Å². The molecule has 0 rings (SSSR count). The second kappa shape index (κ2) is 8.38. The van der Waals surface area contributed by atoms with Gasteiger partial charge >= 0.3 is 0 Å². The lowest BCUT2D eigenvalue weighted by molar-refractivity contribution is -0.121. The smallest absolute Gasteiger partial charge is 0.221 e. The molecule has 86 valence electrons. The Morgan fingerprint density at radius 3 is 2.50 bits per heavy atom. The molecule has 0 aliphatic heterocycles. The minimum absolute atomic E-state index is 0. The molecule has 0 saturated heterocycles. The molecule has 0 aromatic rings. The van der Waals surface area contributed by atoms with Crippen molar-refractivity contribution in [2.45, 2.75) is 32.2 Å². The molecule has 3 nitrogen and oxygen atoms in total. The molecule has 0 heterocycles. The summed E-state index contributed by atoms with van der Waals surface area (Å²) in [5.74, 6) is 1.14. The van der Waals surface area contributed by atoms with Gasteiger partial charge in [0, 0.05) is 18.5 Å². The van der Waals surface area contributed by atoms with Crippen LogP contribution in [-0.2, 0) is 4.79 Å². The summed E-state index contributed by atoms with van der Waals surface area (Å²) >= 11 is 1.79. The molecule has 0 unspecified atom stereocenters. The van der Waals surface area contributed by atoms with Gasteiger partial charge in [0.2, 0.25) is 5.91 Å². The zero-order chi connectivity index (χ0) is 10.3. The number of thioether (sulfide) groups is 1. The summed E-state index contributed by atoms with van der Waals surface area (Å²) in [6.07, 6.45) is 3.48. The lowest BCUT2D eigenvalue weighted by atomic mass is 10.0. The molecule has 0 aromatic heterocycles. The number of halogens is 1. The van der Waals surface area contributed by atoms with E-state index in [0.717, 1.165) is 18.7 Å². The van der Waals surface area contributed by atoms with E-state index in [4.69, 9.17) is 5.73 Å². The minimum Gasteiger partial charge on any atom is -0.356 e. The van der Waals surface area contributed by atoms with Gasteiger partial charge in [-0.1, -0.05) is 0 Å². The van der Waals surface area contributed by atoms with Gasteiger partial charge < -0.3 is 11.1 Å². The average Bonchev–Trinajstić information content (AvgIpc) is 1.94. The second-order valence-corrected chi connectivity index (χ2v) is 4.85. The Labute approximate surface area is 97.0 Å². The maximum absolute atomic E-state index is 11.2. The minimum atomic E-state index is -0.399. The monoisotopic (exact) mass is 240 g/mol. The molecule has 14 heavy (non-hydrogen) atoms. The van der Waals surface area contributed by atoms with E-state index in [1.165, 1.54) is 0 Å². The summed E-state index contributed by atoms with van der Waals surface area (Å²) in [7, 11) is 0. The molecule has 0 atom stereocenters. The van der Waals surface area contributed by atoms with E-state index in [2.05, 4.69) is 11.6 Å². The predicted octanol–water partition coefficient (Wildman–Crippen LogP) is 1.40.